The maximum absolute atomic E-state index is 12.1. The average Bonchev–Trinajstić information content (AvgIpc) is 2.03. The molecule has 1 aromatic carbocycles. The zero-order chi connectivity index (χ0) is 9.19. The van der Waals surface area contributed by atoms with Gasteiger partial charge in [0.1, 0.15) is 0 Å². The third-order valence-corrected chi connectivity index (χ3v) is 1.33. The molecule has 14 heavy (non-hydrogen) atoms. The molecule has 6 heteroatoms. The molecule has 0 saturated carbocycles. The highest BCUT2D eigenvalue weighted by molar-refractivity contribution is 5.53. The van der Waals surface area contributed by atoms with Gasteiger partial charge in [-0.2, -0.15) is 13.2 Å². The lowest BCUT2D eigenvalue weighted by Gasteiger charge is -2.07. The third-order valence-electron chi connectivity index (χ3n) is 1.33. The van der Waals surface area contributed by atoms with E-state index in [2.05, 4.69) is 4.85 Å². The van der Waals surface area contributed by atoms with Crippen LogP contribution in [0, 0.1) is 6.57 Å². The maximum Gasteiger partial charge on any atom is 0.407 e. The van der Waals surface area contributed by atoms with Gasteiger partial charge in [-0.05, 0) is 0 Å². The van der Waals surface area contributed by atoms with Crippen LogP contribution in [0.15, 0.2) is 24.3 Å². The molecule has 0 fully saturated rings. The molecule has 1 rings (SSSR count). The Bertz CT molecular complexity index is 330. The number of halogens is 5. The second-order valence-electron chi connectivity index (χ2n) is 2.13. The van der Waals surface area contributed by atoms with E-state index in [-0.39, 0.29) is 30.5 Å². The highest BCUT2D eigenvalue weighted by Gasteiger charge is 2.32. The molecular formula is C8H4Cl2F3N-2. The van der Waals surface area contributed by atoms with E-state index in [1.807, 2.05) is 0 Å². The molecule has 1 nitrogen and oxygen atoms in total. The van der Waals surface area contributed by atoms with Crippen molar-refractivity contribution in [1.29, 1.82) is 0 Å². The lowest BCUT2D eigenvalue weighted by atomic mass is 10.2. The normalized spacial score (nSPS) is 9.29. The molecule has 1 aromatic rings. The highest BCUT2D eigenvalue weighted by atomic mass is 35.5. The van der Waals surface area contributed by atoms with Gasteiger partial charge in [-0.1, -0.05) is 24.3 Å². The van der Waals surface area contributed by atoms with E-state index in [0.717, 1.165) is 12.1 Å². The summed E-state index contributed by atoms with van der Waals surface area (Å²) in [4.78, 5) is 2.77. The topological polar surface area (TPSA) is 4.36 Å². The number of rotatable bonds is 0. The van der Waals surface area contributed by atoms with Crippen LogP contribution >= 0.6 is 0 Å². The number of hydrogen-bond acceptors (Lipinski definition) is 0. The number of para-hydroxylation sites is 1. The Morgan fingerprint density at radius 1 is 1.07 bits per heavy atom. The summed E-state index contributed by atoms with van der Waals surface area (Å²) in [6.07, 6.45) is -4.43. The molecule has 0 bridgehead atoms. The van der Waals surface area contributed by atoms with Gasteiger partial charge in [0.25, 0.3) is 0 Å². The van der Waals surface area contributed by atoms with Crippen molar-refractivity contribution in [3.8, 4) is 0 Å². The summed E-state index contributed by atoms with van der Waals surface area (Å²) in [5.74, 6) is 0. The summed E-state index contributed by atoms with van der Waals surface area (Å²) in [5, 5.41) is 0. The first kappa shape index (κ1) is 15.5. The van der Waals surface area contributed by atoms with E-state index < -0.39 is 11.7 Å². The molecule has 0 N–H and O–H groups in total. The Balaban J connectivity index is 0. The zero-order valence-electron chi connectivity index (χ0n) is 6.65. The van der Waals surface area contributed by atoms with Crippen LogP contribution in [0.5, 0.6) is 0 Å². The van der Waals surface area contributed by atoms with Crippen molar-refractivity contribution < 1.29 is 38.0 Å². The van der Waals surface area contributed by atoms with Crippen LogP contribution in [0.1, 0.15) is 5.56 Å². The highest BCUT2D eigenvalue weighted by Crippen LogP contribution is 2.35. The Kier molecular flexibility index (Phi) is 6.37. The minimum absolute atomic E-state index is 0. The van der Waals surface area contributed by atoms with Gasteiger partial charge < -0.3 is 24.8 Å². The van der Waals surface area contributed by atoms with Gasteiger partial charge in [0.2, 0.25) is 0 Å². The first-order chi connectivity index (χ1) is 5.55. The van der Waals surface area contributed by atoms with Crippen LogP contribution < -0.4 is 24.8 Å². The van der Waals surface area contributed by atoms with E-state index in [1.54, 1.807) is 0 Å². The summed E-state index contributed by atoms with van der Waals surface area (Å²) in [6.45, 7) is 6.49. The first-order valence-electron chi connectivity index (χ1n) is 3.09. The predicted molar refractivity (Wildman–Crippen MR) is 37.7 cm³/mol. The summed E-state index contributed by atoms with van der Waals surface area (Å²) in [5.41, 5.74) is -1.23. The minimum Gasteiger partial charge on any atom is -1.00 e. The molecule has 0 aliphatic rings. The Morgan fingerprint density at radius 3 is 1.93 bits per heavy atom. The van der Waals surface area contributed by atoms with Crippen molar-refractivity contribution in [2.75, 3.05) is 0 Å². The second kappa shape index (κ2) is 5.74. The fourth-order valence-electron chi connectivity index (χ4n) is 0.811. The van der Waals surface area contributed by atoms with Crippen molar-refractivity contribution in [3.05, 3.63) is 41.2 Å². The molecule has 0 amide bonds. The quantitative estimate of drug-likeness (QED) is 0.435. The largest absolute Gasteiger partial charge is 1.00 e. The molecule has 0 saturated heterocycles. The van der Waals surface area contributed by atoms with Crippen molar-refractivity contribution in [3.63, 3.8) is 0 Å². The van der Waals surface area contributed by atoms with E-state index in [1.165, 1.54) is 12.1 Å². The Hall–Kier alpha value is -0.920. The maximum atomic E-state index is 12.1. The molecule has 0 aromatic heterocycles. The molecule has 0 unspecified atom stereocenters. The molecule has 0 radical (unpaired) electrons. The standard InChI is InChI=1S/C8H4F3N.2ClH/c1-12-7-5-3-2-4-6(7)8(9,10)11;;/h2-5H;2*1H/p-2. The predicted octanol–water partition coefficient (Wildman–Crippen LogP) is -2.74. The van der Waals surface area contributed by atoms with Gasteiger partial charge >= 0.3 is 6.18 Å². The van der Waals surface area contributed by atoms with Gasteiger partial charge in [-0.15, -0.1) is 0 Å². The fraction of sp³-hybridized carbons (Fsp3) is 0.125. The lowest BCUT2D eigenvalue weighted by molar-refractivity contribution is -0.136. The van der Waals surface area contributed by atoms with Crippen LogP contribution in [0.2, 0.25) is 0 Å². The van der Waals surface area contributed by atoms with Crippen molar-refractivity contribution in [2.45, 2.75) is 6.18 Å². The summed E-state index contributed by atoms with van der Waals surface area (Å²) in [7, 11) is 0. The van der Waals surface area contributed by atoms with Crippen LogP contribution in [-0.4, -0.2) is 0 Å². The van der Waals surface area contributed by atoms with Gasteiger partial charge in [-0.3, -0.25) is 0 Å². The molecule has 0 atom stereocenters. The molecule has 78 valence electrons. The Labute approximate surface area is 91.6 Å². The zero-order valence-corrected chi connectivity index (χ0v) is 8.16. The molecule has 0 aliphatic heterocycles. The molecule has 0 spiro atoms. The van der Waals surface area contributed by atoms with Crippen LogP contribution in [0.25, 0.3) is 4.85 Å². The van der Waals surface area contributed by atoms with Crippen LogP contribution in [-0.2, 0) is 6.18 Å². The fourth-order valence-corrected chi connectivity index (χ4v) is 0.811. The van der Waals surface area contributed by atoms with Gasteiger partial charge in [0.05, 0.1) is 12.1 Å². The minimum atomic E-state index is -4.43. The smallest absolute Gasteiger partial charge is 0.407 e. The van der Waals surface area contributed by atoms with Gasteiger partial charge in [-0.25, -0.2) is 4.85 Å². The van der Waals surface area contributed by atoms with E-state index in [4.69, 9.17) is 6.57 Å². The van der Waals surface area contributed by atoms with E-state index >= 15 is 0 Å². The summed E-state index contributed by atoms with van der Waals surface area (Å²) < 4.78 is 36.3. The van der Waals surface area contributed by atoms with Gasteiger partial charge in [0, 0.05) is 0 Å². The van der Waals surface area contributed by atoms with E-state index in [9.17, 15) is 13.2 Å². The molecule has 0 aliphatic carbocycles. The summed E-state index contributed by atoms with van der Waals surface area (Å²) >= 11 is 0. The molecular weight excluding hydrogens is 238 g/mol. The SMILES string of the molecule is [C-]#[N+]c1ccccc1C(F)(F)F.[Cl-].[Cl-]. The number of nitrogens with zero attached hydrogens (tertiary/aromatic N) is 1. The van der Waals surface area contributed by atoms with Crippen LogP contribution in [0.4, 0.5) is 18.9 Å². The van der Waals surface area contributed by atoms with E-state index in [0.29, 0.717) is 0 Å². The van der Waals surface area contributed by atoms with Gasteiger partial charge in [0.15, 0.2) is 5.69 Å². The summed E-state index contributed by atoms with van der Waals surface area (Å²) in [6, 6.07) is 4.71. The first-order valence-corrected chi connectivity index (χ1v) is 3.09. The lowest BCUT2D eigenvalue weighted by Crippen LogP contribution is -3.00. The van der Waals surface area contributed by atoms with Crippen molar-refractivity contribution in [1.82, 2.24) is 0 Å². The number of hydrogen-bond donors (Lipinski definition) is 0. The average molecular weight is 242 g/mol. The van der Waals surface area contributed by atoms with Crippen molar-refractivity contribution in [2.24, 2.45) is 0 Å². The number of alkyl halides is 3. The van der Waals surface area contributed by atoms with Crippen molar-refractivity contribution >= 4 is 5.69 Å². The monoisotopic (exact) mass is 241 g/mol. The molecule has 0 heterocycles. The van der Waals surface area contributed by atoms with Crippen LogP contribution in [0.3, 0.4) is 0 Å². The number of benzene rings is 1. The second-order valence-corrected chi connectivity index (χ2v) is 2.13. The Morgan fingerprint density at radius 2 is 1.57 bits per heavy atom. The third kappa shape index (κ3) is 3.44.